The molecule has 0 spiro atoms. The van der Waals surface area contributed by atoms with Crippen LogP contribution in [-0.4, -0.2) is 31.3 Å². The van der Waals surface area contributed by atoms with E-state index in [9.17, 15) is 9.59 Å². The Bertz CT molecular complexity index is 538. The van der Waals surface area contributed by atoms with Crippen LogP contribution in [0.15, 0.2) is 26.2 Å². The molecule has 1 aromatic carbocycles. The van der Waals surface area contributed by atoms with Gasteiger partial charge in [0.2, 0.25) is 5.91 Å². The summed E-state index contributed by atoms with van der Waals surface area (Å²) < 4.78 is 11.5. The molecule has 0 aliphatic heterocycles. The number of esters is 1. The van der Waals surface area contributed by atoms with Gasteiger partial charge in [-0.15, -0.1) is 0 Å². The molecule has 0 aliphatic carbocycles. The highest BCUT2D eigenvalue weighted by Gasteiger charge is 2.11. The van der Waals surface area contributed by atoms with Crippen LogP contribution in [0.3, 0.4) is 0 Å². The zero-order chi connectivity index (χ0) is 15.8. The molecule has 0 saturated heterocycles. The number of hydrogen-bond donors (Lipinski definition) is 1. The third-order valence-corrected chi connectivity index (χ3v) is 3.27. The molecule has 0 atom stereocenters. The quantitative estimate of drug-likeness (QED) is 0.435. The fourth-order valence-corrected chi connectivity index (χ4v) is 2.77. The Morgan fingerprint density at radius 1 is 1.33 bits per heavy atom. The van der Waals surface area contributed by atoms with E-state index in [-0.39, 0.29) is 12.5 Å². The summed E-state index contributed by atoms with van der Waals surface area (Å²) in [5, 5.41) is 3.77. The first-order valence-corrected chi connectivity index (χ1v) is 7.59. The van der Waals surface area contributed by atoms with Crippen LogP contribution in [0.2, 0.25) is 0 Å². The molecular weight excluding hydrogens is 408 g/mol. The summed E-state index contributed by atoms with van der Waals surface area (Å²) in [7, 11) is 0. The number of hydrogen-bond acceptors (Lipinski definition) is 5. The van der Waals surface area contributed by atoms with Crippen molar-refractivity contribution in [3.8, 4) is 5.75 Å². The molecule has 21 heavy (non-hydrogen) atoms. The second kappa shape index (κ2) is 8.78. The molecule has 1 aromatic rings. The number of halogens is 2. The van der Waals surface area contributed by atoms with Crippen molar-refractivity contribution in [1.29, 1.82) is 0 Å². The average Bonchev–Trinajstić information content (AvgIpc) is 2.37. The van der Waals surface area contributed by atoms with Gasteiger partial charge in [-0.05, 0) is 56.5 Å². The lowest BCUT2D eigenvalue weighted by molar-refractivity contribution is -0.145. The number of hydrazone groups is 1. The van der Waals surface area contributed by atoms with Crippen LogP contribution < -0.4 is 10.2 Å². The molecule has 6 nitrogen and oxygen atoms in total. The van der Waals surface area contributed by atoms with Crippen molar-refractivity contribution in [2.24, 2.45) is 5.10 Å². The second-order valence-corrected chi connectivity index (χ2v) is 5.54. The smallest absolute Gasteiger partial charge is 0.344 e. The first kappa shape index (κ1) is 17.6. The van der Waals surface area contributed by atoms with Crippen LogP contribution in [0.25, 0.3) is 0 Å². The minimum absolute atomic E-state index is 0.176. The van der Waals surface area contributed by atoms with Gasteiger partial charge >= 0.3 is 5.97 Å². The van der Waals surface area contributed by atoms with E-state index in [4.69, 9.17) is 9.47 Å². The van der Waals surface area contributed by atoms with Crippen LogP contribution in [0.1, 0.15) is 19.4 Å². The number of ether oxygens (including phenoxy) is 2. The van der Waals surface area contributed by atoms with Gasteiger partial charge in [0.25, 0.3) is 0 Å². The molecular formula is C13H14Br2N2O4. The molecule has 0 saturated carbocycles. The minimum Gasteiger partial charge on any atom is -0.480 e. The normalized spacial score (nSPS) is 10.5. The van der Waals surface area contributed by atoms with Crippen molar-refractivity contribution in [3.05, 3.63) is 26.6 Å². The number of carbonyl (C=O) groups excluding carboxylic acids is 2. The Hall–Kier alpha value is -1.41. The number of amides is 1. The van der Waals surface area contributed by atoms with Crippen molar-refractivity contribution >= 4 is 50.0 Å². The molecule has 1 N–H and O–H groups in total. The van der Waals surface area contributed by atoms with E-state index in [0.717, 1.165) is 5.56 Å². The molecule has 114 valence electrons. The van der Waals surface area contributed by atoms with Gasteiger partial charge in [-0.1, -0.05) is 0 Å². The number of rotatable bonds is 6. The highest BCUT2D eigenvalue weighted by Crippen LogP contribution is 2.34. The lowest BCUT2D eigenvalue weighted by Crippen LogP contribution is -2.15. The SMILES string of the molecule is CCOC(=O)COc1c(Br)cc(/C=N\NC(C)=O)cc1Br. The predicted octanol–water partition coefficient (Wildman–Crippen LogP) is 2.62. The lowest BCUT2D eigenvalue weighted by Gasteiger charge is -2.10. The highest BCUT2D eigenvalue weighted by atomic mass is 79.9. The van der Waals surface area contributed by atoms with E-state index in [0.29, 0.717) is 21.3 Å². The van der Waals surface area contributed by atoms with Gasteiger partial charge in [0, 0.05) is 6.92 Å². The van der Waals surface area contributed by atoms with Crippen molar-refractivity contribution in [2.45, 2.75) is 13.8 Å². The Balaban J connectivity index is 2.77. The maximum atomic E-state index is 11.3. The van der Waals surface area contributed by atoms with Crippen molar-refractivity contribution in [1.82, 2.24) is 5.43 Å². The minimum atomic E-state index is -0.437. The van der Waals surface area contributed by atoms with Gasteiger partial charge < -0.3 is 9.47 Å². The summed E-state index contributed by atoms with van der Waals surface area (Å²) in [4.78, 5) is 22.0. The van der Waals surface area contributed by atoms with Gasteiger partial charge in [-0.25, -0.2) is 10.2 Å². The van der Waals surface area contributed by atoms with Gasteiger partial charge in [0.1, 0.15) is 5.75 Å². The zero-order valence-electron chi connectivity index (χ0n) is 11.5. The number of carbonyl (C=O) groups is 2. The van der Waals surface area contributed by atoms with Crippen molar-refractivity contribution in [3.63, 3.8) is 0 Å². The average molecular weight is 422 g/mol. The maximum Gasteiger partial charge on any atom is 0.344 e. The standard InChI is InChI=1S/C13H14Br2N2O4/c1-3-20-12(19)7-21-13-10(14)4-9(5-11(13)15)6-16-17-8(2)18/h4-6H,3,7H2,1-2H3,(H,17,18)/b16-6-. The largest absolute Gasteiger partial charge is 0.480 e. The van der Waals surface area contributed by atoms with Crippen molar-refractivity contribution < 1.29 is 19.1 Å². The molecule has 1 amide bonds. The Kier molecular flexibility index (Phi) is 7.38. The Morgan fingerprint density at radius 3 is 2.48 bits per heavy atom. The number of nitrogens with zero attached hydrogens (tertiary/aromatic N) is 1. The zero-order valence-corrected chi connectivity index (χ0v) is 14.7. The molecule has 8 heteroatoms. The van der Waals surface area contributed by atoms with Crippen LogP contribution in [-0.2, 0) is 14.3 Å². The summed E-state index contributed by atoms with van der Waals surface area (Å²) in [6, 6.07) is 3.49. The predicted molar refractivity (Wildman–Crippen MR) is 85.4 cm³/mol. The third kappa shape index (κ3) is 6.26. The fourth-order valence-electron chi connectivity index (χ4n) is 1.32. The van der Waals surface area contributed by atoms with Crippen LogP contribution in [0.5, 0.6) is 5.75 Å². The van der Waals surface area contributed by atoms with E-state index >= 15 is 0 Å². The molecule has 0 aliphatic rings. The number of benzene rings is 1. The second-order valence-electron chi connectivity index (χ2n) is 3.83. The van der Waals surface area contributed by atoms with E-state index in [2.05, 4.69) is 42.4 Å². The van der Waals surface area contributed by atoms with Gasteiger partial charge in [-0.3, -0.25) is 4.79 Å². The van der Waals surface area contributed by atoms with E-state index < -0.39 is 5.97 Å². The molecule has 1 rings (SSSR count). The van der Waals surface area contributed by atoms with E-state index in [1.54, 1.807) is 19.1 Å². The van der Waals surface area contributed by atoms with Gasteiger partial charge in [0.15, 0.2) is 6.61 Å². The summed E-state index contributed by atoms with van der Waals surface area (Å²) in [5.74, 6) is -0.203. The molecule has 0 unspecified atom stereocenters. The summed E-state index contributed by atoms with van der Waals surface area (Å²) in [6.07, 6.45) is 1.49. The molecule has 0 heterocycles. The monoisotopic (exact) mass is 420 g/mol. The van der Waals surface area contributed by atoms with Crippen LogP contribution in [0.4, 0.5) is 0 Å². The summed E-state index contributed by atoms with van der Waals surface area (Å²) >= 11 is 6.70. The van der Waals surface area contributed by atoms with Gasteiger partial charge in [-0.2, -0.15) is 5.10 Å². The van der Waals surface area contributed by atoms with Gasteiger partial charge in [0.05, 0.1) is 21.8 Å². The Labute approximate surface area is 139 Å². The van der Waals surface area contributed by atoms with Crippen LogP contribution >= 0.6 is 31.9 Å². The third-order valence-electron chi connectivity index (χ3n) is 2.10. The first-order chi connectivity index (χ1) is 9.93. The lowest BCUT2D eigenvalue weighted by atomic mass is 10.2. The topological polar surface area (TPSA) is 77.0 Å². The maximum absolute atomic E-state index is 11.3. The first-order valence-electron chi connectivity index (χ1n) is 6.01. The van der Waals surface area contributed by atoms with E-state index in [1.807, 2.05) is 0 Å². The molecule has 0 radical (unpaired) electrons. The molecule has 0 bridgehead atoms. The highest BCUT2D eigenvalue weighted by molar-refractivity contribution is 9.11. The fraction of sp³-hybridized carbons (Fsp3) is 0.308. The summed E-state index contributed by atoms with van der Waals surface area (Å²) in [5.41, 5.74) is 3.05. The van der Waals surface area contributed by atoms with E-state index in [1.165, 1.54) is 13.1 Å². The summed E-state index contributed by atoms with van der Waals surface area (Å²) in [6.45, 7) is 3.23. The number of nitrogens with one attached hydrogen (secondary N) is 1. The molecule has 0 aromatic heterocycles. The van der Waals surface area contributed by atoms with Crippen LogP contribution in [0, 0.1) is 0 Å². The Morgan fingerprint density at radius 2 is 1.95 bits per heavy atom. The van der Waals surface area contributed by atoms with Crippen molar-refractivity contribution in [2.75, 3.05) is 13.2 Å². The molecule has 0 fully saturated rings.